The number of hydrogen-bond acceptors (Lipinski definition) is 5. The van der Waals surface area contributed by atoms with Crippen LogP contribution in [0.2, 0.25) is 0 Å². The summed E-state index contributed by atoms with van der Waals surface area (Å²) in [6.45, 7) is 6.97. The van der Waals surface area contributed by atoms with Gasteiger partial charge in [-0.25, -0.2) is 4.98 Å². The summed E-state index contributed by atoms with van der Waals surface area (Å²) in [7, 11) is 0. The summed E-state index contributed by atoms with van der Waals surface area (Å²) in [6.07, 6.45) is 2.85. The molecule has 2 N–H and O–H groups in total. The highest BCUT2D eigenvalue weighted by Crippen LogP contribution is 2.28. The minimum atomic E-state index is -0.398. The van der Waals surface area contributed by atoms with Crippen molar-refractivity contribution in [3.63, 3.8) is 0 Å². The molecule has 7 nitrogen and oxygen atoms in total. The number of nitrogens with one attached hydrogen (secondary N) is 2. The summed E-state index contributed by atoms with van der Waals surface area (Å²) in [5.41, 5.74) is 0.926. The molecule has 2 rings (SSSR count). The lowest BCUT2D eigenvalue weighted by atomic mass is 10.1. The molecule has 0 radical (unpaired) electrons. The molecule has 1 aromatic carbocycles. The molecule has 1 heterocycles. The zero-order chi connectivity index (χ0) is 20.7. The van der Waals surface area contributed by atoms with Gasteiger partial charge in [0.2, 0.25) is 17.7 Å². The van der Waals surface area contributed by atoms with E-state index in [0.717, 1.165) is 5.69 Å². The number of carbonyl (C=O) groups excluding carboxylic acids is 3. The van der Waals surface area contributed by atoms with E-state index in [9.17, 15) is 14.4 Å². The highest BCUT2D eigenvalue weighted by atomic mass is 32.1. The van der Waals surface area contributed by atoms with Crippen LogP contribution in [-0.2, 0) is 14.4 Å². The Balaban J connectivity index is 1.99. The van der Waals surface area contributed by atoms with Crippen LogP contribution in [0.25, 0.3) is 6.08 Å². The first-order valence-electron chi connectivity index (χ1n) is 8.74. The Labute approximate surface area is 168 Å². The van der Waals surface area contributed by atoms with E-state index in [-0.39, 0.29) is 23.9 Å². The molecule has 0 saturated heterocycles. The van der Waals surface area contributed by atoms with Gasteiger partial charge in [-0.3, -0.25) is 19.3 Å². The third-order valence-electron chi connectivity index (χ3n) is 3.37. The number of benzene rings is 1. The number of amides is 3. The number of anilines is 2. The fourth-order valence-electron chi connectivity index (χ4n) is 2.31. The van der Waals surface area contributed by atoms with Crippen LogP contribution in [-0.4, -0.2) is 34.8 Å². The van der Waals surface area contributed by atoms with Crippen LogP contribution < -0.4 is 15.5 Å². The normalized spacial score (nSPS) is 11.3. The molecule has 0 saturated carbocycles. The largest absolute Gasteiger partial charge is 0.350 e. The van der Waals surface area contributed by atoms with E-state index in [2.05, 4.69) is 15.6 Å². The predicted octanol–water partition coefficient (Wildman–Crippen LogP) is 2.87. The highest BCUT2D eigenvalue weighted by molar-refractivity contribution is 7.14. The Morgan fingerprint density at radius 1 is 1.18 bits per heavy atom. The zero-order valence-electron chi connectivity index (χ0n) is 16.4. The summed E-state index contributed by atoms with van der Waals surface area (Å²) in [4.78, 5) is 41.6. The quantitative estimate of drug-likeness (QED) is 0.730. The highest BCUT2D eigenvalue weighted by Gasteiger charge is 2.17. The molecule has 0 spiro atoms. The van der Waals surface area contributed by atoms with Crippen LogP contribution in [0, 0.1) is 0 Å². The Morgan fingerprint density at radius 3 is 2.46 bits per heavy atom. The first-order chi connectivity index (χ1) is 13.2. The van der Waals surface area contributed by atoms with Crippen molar-refractivity contribution in [2.75, 3.05) is 11.4 Å². The SMILES string of the molecule is CC(=O)N(c1ccccc1)c1nc(/C=C/C(=O)NCC(=O)NC(C)(C)C)cs1. The van der Waals surface area contributed by atoms with Gasteiger partial charge >= 0.3 is 0 Å². The van der Waals surface area contributed by atoms with Crippen molar-refractivity contribution in [2.24, 2.45) is 0 Å². The molecule has 28 heavy (non-hydrogen) atoms. The van der Waals surface area contributed by atoms with Crippen LogP contribution in [0.1, 0.15) is 33.4 Å². The van der Waals surface area contributed by atoms with Crippen molar-refractivity contribution in [3.05, 3.63) is 47.5 Å². The second-order valence-electron chi connectivity index (χ2n) is 7.09. The first kappa shape index (κ1) is 21.3. The molecule has 3 amide bonds. The number of nitrogens with zero attached hydrogens (tertiary/aromatic N) is 2. The van der Waals surface area contributed by atoms with Crippen molar-refractivity contribution in [1.82, 2.24) is 15.6 Å². The Kier molecular flexibility index (Phi) is 7.06. The lowest BCUT2D eigenvalue weighted by Crippen LogP contribution is -2.45. The Morgan fingerprint density at radius 2 is 1.86 bits per heavy atom. The van der Waals surface area contributed by atoms with Crippen LogP contribution in [0.4, 0.5) is 10.8 Å². The van der Waals surface area contributed by atoms with Crippen LogP contribution >= 0.6 is 11.3 Å². The monoisotopic (exact) mass is 400 g/mol. The van der Waals surface area contributed by atoms with Gasteiger partial charge in [0.1, 0.15) is 0 Å². The molecular formula is C20H24N4O3S. The molecular weight excluding hydrogens is 376 g/mol. The standard InChI is InChI=1S/C20H24N4O3S/c1-14(25)24(16-8-6-5-7-9-16)19-22-15(13-28-19)10-11-17(26)21-12-18(27)23-20(2,3)4/h5-11,13H,12H2,1-4H3,(H,21,26)(H,23,27)/b11-10+. The smallest absolute Gasteiger partial charge is 0.244 e. The molecule has 148 valence electrons. The van der Waals surface area contributed by atoms with E-state index < -0.39 is 5.91 Å². The van der Waals surface area contributed by atoms with Gasteiger partial charge in [-0.2, -0.15) is 0 Å². The second kappa shape index (κ2) is 9.27. The summed E-state index contributed by atoms with van der Waals surface area (Å²) in [5, 5.41) is 7.56. The van der Waals surface area contributed by atoms with Crippen molar-refractivity contribution in [1.29, 1.82) is 0 Å². The molecule has 0 aliphatic heterocycles. The number of hydrogen-bond donors (Lipinski definition) is 2. The summed E-state index contributed by atoms with van der Waals surface area (Å²) >= 11 is 1.30. The molecule has 1 aromatic heterocycles. The maximum Gasteiger partial charge on any atom is 0.244 e. The predicted molar refractivity (Wildman–Crippen MR) is 111 cm³/mol. The maximum atomic E-state index is 12.0. The minimum Gasteiger partial charge on any atom is -0.350 e. The first-order valence-corrected chi connectivity index (χ1v) is 9.62. The molecule has 0 unspecified atom stereocenters. The van der Waals surface area contributed by atoms with E-state index in [0.29, 0.717) is 10.8 Å². The number of thiazole rings is 1. The lowest BCUT2D eigenvalue weighted by molar-refractivity contribution is -0.124. The van der Waals surface area contributed by atoms with Gasteiger partial charge in [0.15, 0.2) is 5.13 Å². The average Bonchev–Trinajstić information content (AvgIpc) is 3.06. The Bertz CT molecular complexity index is 869. The van der Waals surface area contributed by atoms with E-state index in [1.807, 2.05) is 51.1 Å². The van der Waals surface area contributed by atoms with Gasteiger partial charge in [0, 0.05) is 23.9 Å². The van der Waals surface area contributed by atoms with Crippen LogP contribution in [0.15, 0.2) is 41.8 Å². The van der Waals surface area contributed by atoms with Crippen molar-refractivity contribution < 1.29 is 14.4 Å². The van der Waals surface area contributed by atoms with Gasteiger partial charge in [0.05, 0.1) is 17.9 Å². The van der Waals surface area contributed by atoms with Crippen molar-refractivity contribution >= 4 is 46.0 Å². The van der Waals surface area contributed by atoms with Gasteiger partial charge in [-0.15, -0.1) is 11.3 Å². The summed E-state index contributed by atoms with van der Waals surface area (Å²) in [6, 6.07) is 9.22. The van der Waals surface area contributed by atoms with E-state index in [1.54, 1.807) is 11.5 Å². The fourth-order valence-corrected chi connectivity index (χ4v) is 3.16. The number of carbonyl (C=O) groups is 3. The molecule has 0 bridgehead atoms. The molecule has 0 aliphatic rings. The molecule has 0 fully saturated rings. The average molecular weight is 401 g/mol. The third kappa shape index (κ3) is 6.62. The molecule has 2 aromatic rings. The third-order valence-corrected chi connectivity index (χ3v) is 4.22. The lowest BCUT2D eigenvalue weighted by Gasteiger charge is -2.20. The number of rotatable bonds is 6. The van der Waals surface area contributed by atoms with E-state index in [1.165, 1.54) is 29.2 Å². The number of aromatic nitrogens is 1. The summed E-state index contributed by atoms with van der Waals surface area (Å²) < 4.78 is 0. The maximum absolute atomic E-state index is 12.0. The summed E-state index contributed by atoms with van der Waals surface area (Å²) in [5.74, 6) is -0.811. The zero-order valence-corrected chi connectivity index (χ0v) is 17.2. The Hall–Kier alpha value is -3.00. The van der Waals surface area contributed by atoms with E-state index in [4.69, 9.17) is 0 Å². The minimum absolute atomic E-state index is 0.102. The van der Waals surface area contributed by atoms with Gasteiger partial charge in [-0.1, -0.05) is 18.2 Å². The molecule has 0 aliphatic carbocycles. The fraction of sp³-hybridized carbons (Fsp3) is 0.300. The van der Waals surface area contributed by atoms with Crippen LogP contribution in [0.5, 0.6) is 0 Å². The van der Waals surface area contributed by atoms with Gasteiger partial charge in [0.25, 0.3) is 0 Å². The van der Waals surface area contributed by atoms with Gasteiger partial charge < -0.3 is 10.6 Å². The number of para-hydroxylation sites is 1. The molecule has 8 heteroatoms. The second-order valence-corrected chi connectivity index (χ2v) is 7.93. The van der Waals surface area contributed by atoms with Crippen molar-refractivity contribution in [2.45, 2.75) is 33.2 Å². The molecule has 0 atom stereocenters. The van der Waals surface area contributed by atoms with Crippen molar-refractivity contribution in [3.8, 4) is 0 Å². The van der Waals surface area contributed by atoms with E-state index >= 15 is 0 Å². The van der Waals surface area contributed by atoms with Gasteiger partial charge in [-0.05, 0) is 39.0 Å². The van der Waals surface area contributed by atoms with Crippen LogP contribution in [0.3, 0.4) is 0 Å². The topological polar surface area (TPSA) is 91.4 Å².